The molecule has 29 heavy (non-hydrogen) atoms. The van der Waals surface area contributed by atoms with Crippen molar-refractivity contribution in [1.29, 1.82) is 0 Å². The summed E-state index contributed by atoms with van der Waals surface area (Å²) in [6.07, 6.45) is 1.45. The van der Waals surface area contributed by atoms with Crippen molar-refractivity contribution in [2.24, 2.45) is 0 Å². The average Bonchev–Trinajstić information content (AvgIpc) is 3.08. The largest absolute Gasteiger partial charge is 0.737 e. The first-order valence-electron chi connectivity index (χ1n) is 10.2. The van der Waals surface area contributed by atoms with Gasteiger partial charge in [-0.3, -0.25) is 0 Å². The highest BCUT2D eigenvalue weighted by Crippen LogP contribution is 2.47. The topological polar surface area (TPSA) is 7.94 Å². The second-order valence-electron chi connectivity index (χ2n) is 7.99. The van der Waals surface area contributed by atoms with Crippen molar-refractivity contribution in [1.82, 2.24) is 4.48 Å². The van der Waals surface area contributed by atoms with Gasteiger partial charge in [0.05, 0.1) is 5.57 Å². The molecule has 0 amide bonds. The normalized spacial score (nSPS) is 18.0. The third kappa shape index (κ3) is 2.56. The first-order chi connectivity index (χ1) is 13.7. The van der Waals surface area contributed by atoms with E-state index in [9.17, 15) is 0 Å². The summed E-state index contributed by atoms with van der Waals surface area (Å²) in [7, 11) is 0. The number of hydrogen-bond acceptors (Lipinski definition) is 0. The Labute approximate surface area is 176 Å². The molecule has 4 rings (SSSR count). The monoisotopic (exact) mass is 414 g/mol. The molecule has 2 aliphatic rings. The van der Waals surface area contributed by atoms with Gasteiger partial charge in [0, 0.05) is 28.8 Å². The molecular formula is C23H26BClF2N2. The van der Waals surface area contributed by atoms with E-state index < -0.39 is 6.97 Å². The first-order valence-corrected chi connectivity index (χ1v) is 10.6. The summed E-state index contributed by atoms with van der Waals surface area (Å²) in [6, 6.07) is 7.52. The molecule has 3 heterocycles. The molecule has 0 saturated heterocycles. The number of allylic oxidation sites excluding steroid dienone is 2. The van der Waals surface area contributed by atoms with Crippen LogP contribution in [-0.4, -0.2) is 21.6 Å². The Morgan fingerprint density at radius 3 is 2.17 bits per heavy atom. The van der Waals surface area contributed by atoms with Gasteiger partial charge in [0.2, 0.25) is 0 Å². The summed E-state index contributed by atoms with van der Waals surface area (Å²) in [4.78, 5) is 0. The molecule has 152 valence electrons. The second-order valence-corrected chi connectivity index (χ2v) is 8.43. The molecule has 0 aliphatic carbocycles. The number of hydrogen-bond donors (Lipinski definition) is 0. The van der Waals surface area contributed by atoms with E-state index in [0.29, 0.717) is 27.8 Å². The van der Waals surface area contributed by atoms with Crippen molar-refractivity contribution in [3.8, 4) is 0 Å². The van der Waals surface area contributed by atoms with Crippen LogP contribution in [0.25, 0.3) is 5.57 Å². The van der Waals surface area contributed by atoms with Crippen molar-refractivity contribution in [2.75, 3.05) is 0 Å². The minimum atomic E-state index is -3.98. The van der Waals surface area contributed by atoms with Gasteiger partial charge in [-0.15, -0.1) is 0 Å². The van der Waals surface area contributed by atoms with Crippen LogP contribution < -0.4 is 0 Å². The van der Waals surface area contributed by atoms with Crippen LogP contribution in [0.3, 0.4) is 0 Å². The summed E-state index contributed by atoms with van der Waals surface area (Å²) in [5.74, 6) is 0. The third-order valence-corrected chi connectivity index (χ3v) is 6.88. The zero-order chi connectivity index (χ0) is 21.2. The molecule has 2 aliphatic heterocycles. The number of nitrogens with zero attached hydrogens (tertiary/aromatic N) is 2. The van der Waals surface area contributed by atoms with Crippen LogP contribution in [0.15, 0.2) is 41.1 Å². The Hall–Kier alpha value is -2.14. The molecule has 1 aromatic carbocycles. The molecule has 1 aromatic heterocycles. The van der Waals surface area contributed by atoms with Crippen molar-refractivity contribution >= 4 is 29.9 Å². The Balaban J connectivity index is 2.22. The fourth-order valence-electron chi connectivity index (χ4n) is 5.37. The molecule has 0 unspecified atom stereocenters. The number of rotatable bonds is 3. The van der Waals surface area contributed by atoms with E-state index in [1.807, 2.05) is 65.8 Å². The van der Waals surface area contributed by atoms with Crippen molar-refractivity contribution in [3.05, 3.63) is 74.2 Å². The van der Waals surface area contributed by atoms with Gasteiger partial charge in [0.15, 0.2) is 5.70 Å². The predicted octanol–water partition coefficient (Wildman–Crippen LogP) is 6.53. The molecule has 0 N–H and O–H groups in total. The lowest BCUT2D eigenvalue weighted by molar-refractivity contribution is -0.363. The molecular weight excluding hydrogens is 389 g/mol. The fourth-order valence-corrected chi connectivity index (χ4v) is 5.49. The number of fused-ring (bicyclic) bond motifs is 2. The van der Waals surface area contributed by atoms with Crippen molar-refractivity contribution < 1.29 is 13.1 Å². The summed E-state index contributed by atoms with van der Waals surface area (Å²) in [5.41, 5.74) is 8.28. The maximum absolute atomic E-state index is 16.1. The molecule has 0 saturated carbocycles. The highest BCUT2D eigenvalue weighted by atomic mass is 35.5. The maximum atomic E-state index is 16.1. The Morgan fingerprint density at radius 2 is 1.62 bits per heavy atom. The summed E-state index contributed by atoms with van der Waals surface area (Å²) >= 11 is 6.13. The summed E-state index contributed by atoms with van der Waals surface area (Å²) in [6.45, 7) is 7.67. The van der Waals surface area contributed by atoms with E-state index in [4.69, 9.17) is 11.6 Å². The SMILES string of the molecule is CCC1=C(C)C2=C(c3ccc(Cl)cc3)c3c(C)c(CC)c(C)n3[B-](F)(F)[N+]2=C1C. The minimum Gasteiger partial charge on any atom is -0.393 e. The third-order valence-electron chi connectivity index (χ3n) is 6.63. The van der Waals surface area contributed by atoms with E-state index in [-0.39, 0.29) is 0 Å². The van der Waals surface area contributed by atoms with Crippen LogP contribution in [0.2, 0.25) is 5.02 Å². The lowest BCUT2D eigenvalue weighted by Gasteiger charge is -2.34. The van der Waals surface area contributed by atoms with Crippen LogP contribution in [0, 0.1) is 13.8 Å². The molecule has 0 radical (unpaired) electrons. The highest BCUT2D eigenvalue weighted by Gasteiger charge is 2.56. The van der Waals surface area contributed by atoms with E-state index in [1.54, 1.807) is 0 Å². The molecule has 0 atom stereocenters. The van der Waals surface area contributed by atoms with Gasteiger partial charge in [-0.2, -0.15) is 0 Å². The van der Waals surface area contributed by atoms with Gasteiger partial charge in [-0.1, -0.05) is 37.6 Å². The van der Waals surface area contributed by atoms with Gasteiger partial charge in [-0.05, 0) is 68.1 Å². The van der Waals surface area contributed by atoms with Crippen molar-refractivity contribution in [2.45, 2.75) is 54.4 Å². The Bertz CT molecular complexity index is 1130. The fraction of sp³-hybridized carbons (Fsp3) is 0.348. The van der Waals surface area contributed by atoms with Gasteiger partial charge in [0.1, 0.15) is 5.71 Å². The maximum Gasteiger partial charge on any atom is 0.737 e. The van der Waals surface area contributed by atoms with E-state index >= 15 is 8.63 Å². The molecule has 0 bridgehead atoms. The smallest absolute Gasteiger partial charge is 0.393 e. The number of benzene rings is 1. The summed E-state index contributed by atoms with van der Waals surface area (Å²) < 4.78 is 34.8. The van der Waals surface area contributed by atoms with E-state index in [0.717, 1.165) is 46.3 Å². The standard InChI is InChI=1S/C23H26BClF2N2/c1-7-19-13(3)22-21(17-9-11-18(25)12-10-17)23-14(4)20(8-2)16(6)29(23)24(26,27)28(22)15(19)5/h9-12H,7-8H2,1-6H3. The quantitative estimate of drug-likeness (QED) is 0.504. The highest BCUT2D eigenvalue weighted by molar-refractivity contribution is 6.58. The van der Waals surface area contributed by atoms with Crippen molar-refractivity contribution in [3.63, 3.8) is 0 Å². The molecule has 6 heteroatoms. The molecule has 0 spiro atoms. The predicted molar refractivity (Wildman–Crippen MR) is 118 cm³/mol. The van der Waals surface area contributed by atoms with E-state index in [1.165, 1.54) is 8.96 Å². The van der Waals surface area contributed by atoms with Gasteiger partial charge in [-0.25, -0.2) is 0 Å². The summed E-state index contributed by atoms with van der Waals surface area (Å²) in [5, 5.41) is 0.634. The number of aromatic nitrogens is 1. The molecule has 2 nitrogen and oxygen atoms in total. The average molecular weight is 415 g/mol. The Morgan fingerprint density at radius 1 is 1.00 bits per heavy atom. The van der Waals surface area contributed by atoms with Gasteiger partial charge >= 0.3 is 6.97 Å². The van der Waals surface area contributed by atoms with E-state index in [2.05, 4.69) is 0 Å². The van der Waals surface area contributed by atoms with Gasteiger partial charge in [0.25, 0.3) is 0 Å². The van der Waals surface area contributed by atoms with Crippen LogP contribution in [0.1, 0.15) is 62.2 Å². The molecule has 0 fully saturated rings. The zero-order valence-corrected chi connectivity index (χ0v) is 18.6. The van der Waals surface area contributed by atoms with Crippen LogP contribution in [0.4, 0.5) is 8.63 Å². The Kier molecular flexibility index (Phi) is 4.65. The van der Waals surface area contributed by atoms with Gasteiger partial charge < -0.3 is 17.6 Å². The first kappa shape index (κ1) is 20.2. The van der Waals surface area contributed by atoms with Crippen LogP contribution in [-0.2, 0) is 6.42 Å². The lowest BCUT2D eigenvalue weighted by atomic mass is 9.83. The lowest BCUT2D eigenvalue weighted by Crippen LogP contribution is -2.51. The molecule has 2 aromatic rings. The zero-order valence-electron chi connectivity index (χ0n) is 17.8. The van der Waals surface area contributed by atoms with Crippen LogP contribution >= 0.6 is 11.6 Å². The number of halogens is 3. The van der Waals surface area contributed by atoms with Crippen LogP contribution in [0.5, 0.6) is 0 Å². The minimum absolute atomic E-state index is 0.634. The second kappa shape index (κ2) is 6.70.